The molecule has 1 aliphatic heterocycles. The monoisotopic (exact) mass is 377 g/mol. The first-order valence-electron chi connectivity index (χ1n) is 8.00. The fraction of sp³-hybridized carbons (Fsp3) is 0.375. The largest absolute Gasteiger partial charge is 0.464 e. The molecule has 2 amide bonds. The number of aromatic nitrogens is 3. The van der Waals surface area contributed by atoms with Gasteiger partial charge in [0.05, 0.1) is 12.2 Å². The molecule has 0 radical (unpaired) electrons. The minimum absolute atomic E-state index is 0.226. The molecule has 0 aromatic carbocycles. The summed E-state index contributed by atoms with van der Waals surface area (Å²) in [5.41, 5.74) is 0.773. The van der Waals surface area contributed by atoms with Gasteiger partial charge in [-0.25, -0.2) is 9.59 Å². The van der Waals surface area contributed by atoms with E-state index in [1.54, 1.807) is 36.9 Å². The van der Waals surface area contributed by atoms with Crippen LogP contribution in [0.2, 0.25) is 0 Å². The Morgan fingerprint density at radius 1 is 1.46 bits per heavy atom. The number of nitrogens with zero attached hydrogens (tertiary/aromatic N) is 3. The van der Waals surface area contributed by atoms with Crippen molar-refractivity contribution in [2.45, 2.75) is 25.0 Å². The number of amides is 2. The van der Waals surface area contributed by atoms with E-state index in [0.717, 1.165) is 0 Å². The zero-order chi connectivity index (χ0) is 18.7. The lowest BCUT2D eigenvalue weighted by Crippen LogP contribution is -2.46. The van der Waals surface area contributed by atoms with Gasteiger partial charge < -0.3 is 24.4 Å². The van der Waals surface area contributed by atoms with Gasteiger partial charge in [0, 0.05) is 18.5 Å². The molecule has 0 spiro atoms. The van der Waals surface area contributed by atoms with Crippen LogP contribution in [0, 0.1) is 6.92 Å². The summed E-state index contributed by atoms with van der Waals surface area (Å²) < 4.78 is 12.6. The number of esters is 1. The molecular weight excluding hydrogens is 358 g/mol. The van der Waals surface area contributed by atoms with Crippen LogP contribution in [-0.4, -0.2) is 39.1 Å². The molecule has 2 N–H and O–H groups in total. The first-order chi connectivity index (χ1) is 12.5. The van der Waals surface area contributed by atoms with Crippen LogP contribution in [0.4, 0.5) is 4.79 Å². The van der Waals surface area contributed by atoms with Crippen molar-refractivity contribution in [1.82, 2.24) is 25.4 Å². The molecule has 0 saturated heterocycles. The number of aryl methyl sites for hydroxylation is 2. The summed E-state index contributed by atoms with van der Waals surface area (Å²) in [7, 11) is 1.82. The van der Waals surface area contributed by atoms with E-state index in [1.165, 1.54) is 11.8 Å². The lowest BCUT2D eigenvalue weighted by atomic mass is 10.0. The van der Waals surface area contributed by atoms with Crippen LogP contribution in [-0.2, 0) is 16.6 Å². The summed E-state index contributed by atoms with van der Waals surface area (Å²) in [6.07, 6.45) is 1.58. The van der Waals surface area contributed by atoms with Crippen molar-refractivity contribution in [3.05, 3.63) is 41.3 Å². The maximum absolute atomic E-state index is 12.6. The van der Waals surface area contributed by atoms with Gasteiger partial charge in [0.25, 0.3) is 0 Å². The Morgan fingerprint density at radius 3 is 2.88 bits per heavy atom. The number of ether oxygens (including phenoxy) is 1. The maximum Gasteiger partial charge on any atom is 0.338 e. The minimum Gasteiger partial charge on any atom is -0.464 e. The third-order valence-corrected chi connectivity index (χ3v) is 4.77. The van der Waals surface area contributed by atoms with Crippen molar-refractivity contribution in [3.8, 4) is 0 Å². The van der Waals surface area contributed by atoms with Crippen LogP contribution >= 0.6 is 11.8 Å². The van der Waals surface area contributed by atoms with E-state index in [4.69, 9.17) is 9.15 Å². The maximum atomic E-state index is 12.6. The Labute approximate surface area is 154 Å². The Kier molecular flexibility index (Phi) is 5.31. The van der Waals surface area contributed by atoms with E-state index in [9.17, 15) is 9.59 Å². The average Bonchev–Trinajstić information content (AvgIpc) is 3.20. The molecule has 26 heavy (non-hydrogen) atoms. The molecule has 138 valence electrons. The topological polar surface area (TPSA) is 111 Å². The second kappa shape index (κ2) is 7.65. The average molecular weight is 377 g/mol. The lowest BCUT2D eigenvalue weighted by Gasteiger charge is -2.27. The first kappa shape index (κ1) is 18.1. The fourth-order valence-electron chi connectivity index (χ4n) is 2.54. The second-order valence-electron chi connectivity index (χ2n) is 5.61. The van der Waals surface area contributed by atoms with Gasteiger partial charge in [-0.3, -0.25) is 0 Å². The second-order valence-corrected chi connectivity index (χ2v) is 6.55. The normalized spacial score (nSPS) is 17.0. The number of carbonyl (C=O) groups excluding carboxylic acids is 2. The standard InChI is InChI=1S/C16H19N5O4S/c1-4-24-14(22)12-10(7-26-16-20-17-8-21(16)3)18-15(23)19-13(12)11-6-5-9(2)25-11/h5-6,8,13H,4,7H2,1-3H3,(H2,18,19,23)/t13-/m1/s1. The van der Waals surface area contributed by atoms with Crippen molar-refractivity contribution in [2.24, 2.45) is 7.05 Å². The molecule has 3 heterocycles. The zero-order valence-corrected chi connectivity index (χ0v) is 15.4. The van der Waals surface area contributed by atoms with Crippen molar-refractivity contribution in [1.29, 1.82) is 0 Å². The number of rotatable bonds is 6. The molecule has 10 heteroatoms. The molecule has 1 aliphatic rings. The van der Waals surface area contributed by atoms with Gasteiger partial charge in [0.15, 0.2) is 5.16 Å². The summed E-state index contributed by atoms with van der Waals surface area (Å²) in [6.45, 7) is 3.75. The van der Waals surface area contributed by atoms with Gasteiger partial charge in [0.2, 0.25) is 0 Å². The van der Waals surface area contributed by atoms with Gasteiger partial charge in [-0.05, 0) is 26.0 Å². The highest BCUT2D eigenvalue weighted by atomic mass is 32.2. The van der Waals surface area contributed by atoms with Crippen molar-refractivity contribution in [3.63, 3.8) is 0 Å². The van der Waals surface area contributed by atoms with Crippen LogP contribution in [0.3, 0.4) is 0 Å². The van der Waals surface area contributed by atoms with Crippen LogP contribution in [0.1, 0.15) is 24.5 Å². The summed E-state index contributed by atoms with van der Waals surface area (Å²) in [4.78, 5) is 24.7. The van der Waals surface area contributed by atoms with E-state index >= 15 is 0 Å². The molecular formula is C16H19N5O4S. The van der Waals surface area contributed by atoms with Crippen LogP contribution in [0.15, 0.2) is 39.3 Å². The van der Waals surface area contributed by atoms with Crippen LogP contribution in [0.25, 0.3) is 0 Å². The van der Waals surface area contributed by atoms with Gasteiger partial charge in [0.1, 0.15) is 23.9 Å². The Bertz CT molecular complexity index is 856. The van der Waals surface area contributed by atoms with Gasteiger partial charge >= 0.3 is 12.0 Å². The molecule has 2 aromatic rings. The Balaban J connectivity index is 1.96. The molecule has 0 saturated carbocycles. The fourth-order valence-corrected chi connectivity index (χ4v) is 3.40. The minimum atomic E-state index is -0.716. The predicted octanol–water partition coefficient (Wildman–Crippen LogP) is 1.68. The Morgan fingerprint density at radius 2 is 2.27 bits per heavy atom. The molecule has 2 aromatic heterocycles. The highest BCUT2D eigenvalue weighted by Crippen LogP contribution is 2.31. The van der Waals surface area contributed by atoms with Crippen LogP contribution in [0.5, 0.6) is 0 Å². The van der Waals surface area contributed by atoms with Crippen molar-refractivity contribution < 1.29 is 18.7 Å². The van der Waals surface area contributed by atoms with E-state index in [-0.39, 0.29) is 6.61 Å². The smallest absolute Gasteiger partial charge is 0.338 e. The number of carbonyl (C=O) groups is 2. The lowest BCUT2D eigenvalue weighted by molar-refractivity contribution is -0.139. The number of urea groups is 1. The highest BCUT2D eigenvalue weighted by molar-refractivity contribution is 7.99. The third-order valence-electron chi connectivity index (χ3n) is 3.71. The summed E-state index contributed by atoms with van der Waals surface area (Å²) >= 11 is 1.35. The van der Waals surface area contributed by atoms with Gasteiger partial charge in [-0.2, -0.15) is 0 Å². The first-order valence-corrected chi connectivity index (χ1v) is 8.99. The van der Waals surface area contributed by atoms with Crippen LogP contribution < -0.4 is 10.6 Å². The number of hydrogen-bond donors (Lipinski definition) is 2. The van der Waals surface area contributed by atoms with E-state index in [1.807, 2.05) is 7.05 Å². The summed E-state index contributed by atoms with van der Waals surface area (Å²) in [6, 6.07) is 2.38. The number of nitrogens with one attached hydrogen (secondary N) is 2. The summed E-state index contributed by atoms with van der Waals surface area (Å²) in [5.74, 6) is 0.977. The van der Waals surface area contributed by atoms with Crippen molar-refractivity contribution >= 4 is 23.8 Å². The van der Waals surface area contributed by atoms with E-state index in [0.29, 0.717) is 33.7 Å². The Hall–Kier alpha value is -2.75. The number of thioether (sulfide) groups is 1. The molecule has 3 rings (SSSR count). The predicted molar refractivity (Wildman–Crippen MR) is 93.2 cm³/mol. The molecule has 1 atom stereocenters. The number of hydrogen-bond acceptors (Lipinski definition) is 7. The molecule has 0 unspecified atom stereocenters. The quantitative estimate of drug-likeness (QED) is 0.582. The van der Waals surface area contributed by atoms with Gasteiger partial charge in [-0.15, -0.1) is 10.2 Å². The van der Waals surface area contributed by atoms with E-state index in [2.05, 4.69) is 20.8 Å². The molecule has 0 fully saturated rings. The zero-order valence-electron chi connectivity index (χ0n) is 14.6. The summed E-state index contributed by atoms with van der Waals surface area (Å²) in [5, 5.41) is 13.9. The molecule has 0 aliphatic carbocycles. The third kappa shape index (κ3) is 3.74. The SMILES string of the molecule is CCOC(=O)C1=C(CSc2nncn2C)NC(=O)N[C@@H]1c1ccc(C)o1. The number of furan rings is 1. The molecule has 9 nitrogen and oxygen atoms in total. The van der Waals surface area contributed by atoms with E-state index < -0.39 is 18.0 Å². The van der Waals surface area contributed by atoms with Gasteiger partial charge in [-0.1, -0.05) is 11.8 Å². The highest BCUT2D eigenvalue weighted by Gasteiger charge is 2.35. The van der Waals surface area contributed by atoms with Crippen molar-refractivity contribution in [2.75, 3.05) is 12.4 Å². The molecule has 0 bridgehead atoms.